The Morgan fingerprint density at radius 1 is 1.40 bits per heavy atom. The highest BCUT2D eigenvalue weighted by molar-refractivity contribution is 7.91. The van der Waals surface area contributed by atoms with Gasteiger partial charge in [-0.1, -0.05) is 6.07 Å². The molecule has 1 aromatic rings. The number of guanidine groups is 1. The third-order valence-corrected chi connectivity index (χ3v) is 7.11. The van der Waals surface area contributed by atoms with Crippen LogP contribution in [0.1, 0.15) is 19.3 Å². The van der Waals surface area contributed by atoms with Gasteiger partial charge in [0, 0.05) is 46.9 Å². The van der Waals surface area contributed by atoms with Crippen LogP contribution in [-0.2, 0) is 14.8 Å². The highest BCUT2D eigenvalue weighted by Gasteiger charge is 2.16. The van der Waals surface area contributed by atoms with Crippen molar-refractivity contribution in [1.29, 1.82) is 0 Å². The molecule has 2 rings (SSSR count). The van der Waals surface area contributed by atoms with Crippen molar-refractivity contribution in [1.82, 2.24) is 14.9 Å². The summed E-state index contributed by atoms with van der Waals surface area (Å²) in [6.45, 7) is 3.45. The van der Waals surface area contributed by atoms with Crippen LogP contribution in [0, 0.1) is 5.92 Å². The Hall–Kier alpha value is -1.16. The van der Waals surface area contributed by atoms with Gasteiger partial charge in [-0.2, -0.15) is 0 Å². The zero-order chi connectivity index (χ0) is 18.1. The molecule has 1 aromatic heterocycles. The van der Waals surface area contributed by atoms with Gasteiger partial charge in [-0.15, -0.1) is 11.3 Å². The molecule has 1 fully saturated rings. The number of ether oxygens (including phenoxy) is 1. The maximum Gasteiger partial charge on any atom is 0.250 e. The van der Waals surface area contributed by atoms with Crippen molar-refractivity contribution < 1.29 is 13.2 Å². The summed E-state index contributed by atoms with van der Waals surface area (Å²) in [5, 5.41) is 4.95. The highest BCUT2D eigenvalue weighted by atomic mass is 32.2. The lowest BCUT2D eigenvalue weighted by Gasteiger charge is -2.26. The molecule has 2 N–H and O–H groups in total. The fourth-order valence-electron chi connectivity index (χ4n) is 2.75. The number of rotatable bonds is 8. The first kappa shape index (κ1) is 20.2. The summed E-state index contributed by atoms with van der Waals surface area (Å²) in [5.74, 6) is 1.49. The van der Waals surface area contributed by atoms with Gasteiger partial charge in [0.2, 0.25) is 10.0 Å². The minimum absolute atomic E-state index is 0.313. The van der Waals surface area contributed by atoms with Crippen LogP contribution >= 0.6 is 11.3 Å². The molecule has 7 nitrogen and oxygen atoms in total. The van der Waals surface area contributed by atoms with Gasteiger partial charge in [0.15, 0.2) is 5.96 Å². The average molecular weight is 389 g/mol. The second kappa shape index (κ2) is 10.1. The summed E-state index contributed by atoms with van der Waals surface area (Å²) in [5.41, 5.74) is 0. The summed E-state index contributed by atoms with van der Waals surface area (Å²) < 4.78 is 32.4. The molecular formula is C16H28N4O3S2. The molecule has 0 unspecified atom stereocenters. The maximum absolute atomic E-state index is 12.0. The van der Waals surface area contributed by atoms with E-state index in [0.717, 1.165) is 45.0 Å². The molecule has 0 radical (unpaired) electrons. The van der Waals surface area contributed by atoms with E-state index in [1.807, 2.05) is 7.05 Å². The largest absolute Gasteiger partial charge is 0.381 e. The Morgan fingerprint density at radius 3 is 2.80 bits per heavy atom. The van der Waals surface area contributed by atoms with Crippen LogP contribution in [0.3, 0.4) is 0 Å². The lowest BCUT2D eigenvalue weighted by Crippen LogP contribution is -2.43. The molecule has 0 saturated carbocycles. The van der Waals surface area contributed by atoms with Crippen molar-refractivity contribution in [2.45, 2.75) is 23.5 Å². The molecule has 0 aromatic carbocycles. The van der Waals surface area contributed by atoms with Crippen molar-refractivity contribution in [3.8, 4) is 0 Å². The number of nitrogens with one attached hydrogen (secondary N) is 2. The summed E-state index contributed by atoms with van der Waals surface area (Å²) >= 11 is 1.21. The van der Waals surface area contributed by atoms with Gasteiger partial charge >= 0.3 is 0 Å². The summed E-state index contributed by atoms with van der Waals surface area (Å²) in [4.78, 5) is 6.35. The molecule has 9 heteroatoms. The summed E-state index contributed by atoms with van der Waals surface area (Å²) in [6, 6.07) is 3.33. The average Bonchev–Trinajstić information content (AvgIpc) is 3.16. The van der Waals surface area contributed by atoms with Crippen molar-refractivity contribution in [3.63, 3.8) is 0 Å². The standard InChI is InChI=1S/C16H28N4O3S2/c1-17-16(20(2)10-5-14-6-11-23-12-7-14)18-8-9-19-25(21,22)15-4-3-13-24-15/h3-4,13-14,19H,5-12H2,1-2H3,(H,17,18). The predicted molar refractivity (Wildman–Crippen MR) is 102 cm³/mol. The van der Waals surface area contributed by atoms with Crippen LogP contribution in [0.25, 0.3) is 0 Å². The first-order valence-electron chi connectivity index (χ1n) is 8.55. The number of hydrogen-bond acceptors (Lipinski definition) is 5. The van der Waals surface area contributed by atoms with Crippen LogP contribution in [0.5, 0.6) is 0 Å². The van der Waals surface area contributed by atoms with Crippen LogP contribution in [0.2, 0.25) is 0 Å². The Morgan fingerprint density at radius 2 is 2.16 bits per heavy atom. The first-order chi connectivity index (χ1) is 12.0. The van der Waals surface area contributed by atoms with E-state index >= 15 is 0 Å². The van der Waals surface area contributed by atoms with Crippen LogP contribution in [0.4, 0.5) is 0 Å². The minimum Gasteiger partial charge on any atom is -0.381 e. The molecule has 0 aliphatic carbocycles. The molecule has 1 aliphatic rings. The summed E-state index contributed by atoms with van der Waals surface area (Å²) in [7, 11) is 0.340. The molecule has 1 aliphatic heterocycles. The highest BCUT2D eigenvalue weighted by Crippen LogP contribution is 2.18. The fraction of sp³-hybridized carbons (Fsp3) is 0.688. The van der Waals surface area contributed by atoms with Gasteiger partial charge < -0.3 is 15.0 Å². The third-order valence-electron chi connectivity index (χ3n) is 4.25. The van der Waals surface area contributed by atoms with Gasteiger partial charge in [-0.05, 0) is 36.6 Å². The molecule has 0 bridgehead atoms. The molecule has 0 spiro atoms. The van der Waals surface area contributed by atoms with Gasteiger partial charge in [-0.25, -0.2) is 13.1 Å². The number of aliphatic imine (C=N–C) groups is 1. The molecule has 25 heavy (non-hydrogen) atoms. The normalized spacial score (nSPS) is 16.8. The molecule has 1 saturated heterocycles. The maximum atomic E-state index is 12.0. The Kier molecular flexibility index (Phi) is 8.14. The zero-order valence-electron chi connectivity index (χ0n) is 14.9. The van der Waals surface area contributed by atoms with Crippen molar-refractivity contribution in [2.75, 3.05) is 46.9 Å². The Bertz CT molecular complexity index is 626. The zero-order valence-corrected chi connectivity index (χ0v) is 16.5. The monoisotopic (exact) mass is 388 g/mol. The van der Waals surface area contributed by atoms with E-state index in [9.17, 15) is 8.42 Å². The smallest absolute Gasteiger partial charge is 0.250 e. The molecular weight excluding hydrogens is 360 g/mol. The topological polar surface area (TPSA) is 83.0 Å². The SMILES string of the molecule is CN=C(NCCNS(=O)(=O)c1cccs1)N(C)CCC1CCOCC1. The molecule has 142 valence electrons. The van der Waals surface area contributed by atoms with Crippen molar-refractivity contribution >= 4 is 27.3 Å². The van der Waals surface area contributed by atoms with Gasteiger partial charge in [0.05, 0.1) is 0 Å². The number of hydrogen-bond donors (Lipinski definition) is 2. The first-order valence-corrected chi connectivity index (χ1v) is 10.9. The van der Waals surface area contributed by atoms with Gasteiger partial charge in [0.1, 0.15) is 4.21 Å². The lowest BCUT2D eigenvalue weighted by atomic mass is 9.96. The summed E-state index contributed by atoms with van der Waals surface area (Å²) in [6.07, 6.45) is 3.38. The number of thiophene rings is 1. The fourth-order valence-corrected chi connectivity index (χ4v) is 4.82. The Labute approximate surface area is 154 Å². The predicted octanol–water partition coefficient (Wildman–Crippen LogP) is 1.35. The number of sulfonamides is 1. The quantitative estimate of drug-likeness (QED) is 0.399. The van der Waals surface area contributed by atoms with E-state index in [2.05, 4.69) is 19.9 Å². The van der Waals surface area contributed by atoms with E-state index < -0.39 is 10.0 Å². The van der Waals surface area contributed by atoms with E-state index in [4.69, 9.17) is 4.74 Å². The van der Waals surface area contributed by atoms with Crippen molar-refractivity contribution in [3.05, 3.63) is 17.5 Å². The second-order valence-corrected chi connectivity index (χ2v) is 9.01. The van der Waals surface area contributed by atoms with E-state index in [1.165, 1.54) is 11.3 Å². The number of nitrogens with zero attached hydrogens (tertiary/aromatic N) is 2. The second-order valence-electron chi connectivity index (χ2n) is 6.07. The van der Waals surface area contributed by atoms with Crippen LogP contribution in [-0.4, -0.2) is 66.2 Å². The minimum atomic E-state index is -3.40. The van der Waals surface area contributed by atoms with E-state index in [0.29, 0.717) is 23.2 Å². The Balaban J connectivity index is 1.68. The van der Waals surface area contributed by atoms with Crippen LogP contribution < -0.4 is 10.0 Å². The van der Waals surface area contributed by atoms with E-state index in [-0.39, 0.29) is 0 Å². The van der Waals surface area contributed by atoms with Crippen molar-refractivity contribution in [2.24, 2.45) is 10.9 Å². The van der Waals surface area contributed by atoms with Gasteiger partial charge in [-0.3, -0.25) is 4.99 Å². The lowest BCUT2D eigenvalue weighted by molar-refractivity contribution is 0.0625. The van der Waals surface area contributed by atoms with Gasteiger partial charge in [0.25, 0.3) is 0 Å². The molecule has 0 atom stereocenters. The third kappa shape index (κ3) is 6.58. The van der Waals surface area contributed by atoms with E-state index in [1.54, 1.807) is 24.6 Å². The molecule has 0 amide bonds. The molecule has 2 heterocycles. The van der Waals surface area contributed by atoms with Crippen LogP contribution in [0.15, 0.2) is 26.7 Å².